The second-order valence-corrected chi connectivity index (χ2v) is 14.7. The molecule has 0 unspecified atom stereocenters. The third-order valence-corrected chi connectivity index (χ3v) is 10.7. The quantitative estimate of drug-likeness (QED) is 0.0555. The van der Waals surface area contributed by atoms with Crippen molar-refractivity contribution in [3.05, 3.63) is 171 Å². The Morgan fingerprint density at radius 1 is 0.891 bits per heavy atom. The zero-order chi connectivity index (χ0) is 38.2. The first-order chi connectivity index (χ1) is 26.0. The third-order valence-electron chi connectivity index (χ3n) is 9.19. The van der Waals surface area contributed by atoms with Crippen LogP contribution < -0.4 is 14.9 Å². The Bertz CT molecular complexity index is 2290. The number of aliphatic carboxylic acids is 1. The molecule has 3 atom stereocenters. The van der Waals surface area contributed by atoms with Gasteiger partial charge in [0.2, 0.25) is 10.0 Å². The summed E-state index contributed by atoms with van der Waals surface area (Å²) in [6, 6.07) is 32.0. The molecule has 0 amide bonds. The van der Waals surface area contributed by atoms with E-state index in [4.69, 9.17) is 0 Å². The molecule has 1 fully saturated rings. The van der Waals surface area contributed by atoms with Crippen LogP contribution in [-0.4, -0.2) is 54.4 Å². The largest absolute Gasteiger partial charge is 2.00 e. The molecule has 1 heterocycles. The van der Waals surface area contributed by atoms with Crippen LogP contribution in [0.3, 0.4) is 0 Å². The standard InChI is InChI=1S/C41H39N5O7S.Ni/c1-28-21-23-33(24-22-28)54(52,53)44-38(31-16-10-17-32(26-31)46(50)51)39(41(48)49)43-37(30-14-6-3-7-15-30)34-18-8-9-19-35(34)42-40(47)36-20-11-25-45(36)27-29-12-4-2-5-13-29;/h2-10,12-19,21-24,26,36,38-39,44H,11,20,25,27H2,1H3,(H,42,47)(H,48,49);/q;+2/p-2/t36-,38+,39-;/m1./s1. The molecule has 0 saturated carbocycles. The number of likely N-dealkylation sites (tertiary alicyclic amines) is 1. The molecule has 1 N–H and O–H groups in total. The first kappa shape index (κ1) is 40.7. The van der Waals surface area contributed by atoms with Gasteiger partial charge in [-0.2, -0.15) is 0 Å². The molecule has 0 spiro atoms. The van der Waals surface area contributed by atoms with Crippen molar-refractivity contribution < 1.29 is 44.8 Å². The Labute approximate surface area is 329 Å². The Hall–Kier alpha value is -5.53. The van der Waals surface area contributed by atoms with Crippen molar-refractivity contribution >= 4 is 39.0 Å². The van der Waals surface area contributed by atoms with E-state index < -0.39 is 39.0 Å². The van der Waals surface area contributed by atoms with Crippen LogP contribution >= 0.6 is 0 Å². The summed E-state index contributed by atoms with van der Waals surface area (Å²) in [5.41, 5.74) is 2.55. The number of hydrogen-bond donors (Lipinski definition) is 1. The van der Waals surface area contributed by atoms with Crippen molar-refractivity contribution in [3.8, 4) is 0 Å². The topological polar surface area (TPSA) is 180 Å². The predicted molar refractivity (Wildman–Crippen MR) is 202 cm³/mol. The minimum atomic E-state index is -4.41. The van der Waals surface area contributed by atoms with Gasteiger partial charge in [-0.15, -0.1) is 0 Å². The number of rotatable bonds is 14. The molecule has 0 aromatic heterocycles. The molecule has 0 bridgehead atoms. The second-order valence-electron chi connectivity index (χ2n) is 13.0. The van der Waals surface area contributed by atoms with Crippen molar-refractivity contribution in [1.82, 2.24) is 9.62 Å². The molecular formula is C41H37N5NiO7S. The van der Waals surface area contributed by atoms with Gasteiger partial charge < -0.3 is 15.0 Å². The number of aliphatic imine (C=N–C) groups is 2. The maximum Gasteiger partial charge on any atom is 2.00 e. The third kappa shape index (κ3) is 9.97. The van der Waals surface area contributed by atoms with Gasteiger partial charge in [0.05, 0.1) is 33.2 Å². The predicted octanol–water partition coefficient (Wildman–Crippen LogP) is 4.63. The van der Waals surface area contributed by atoms with Crippen LogP contribution in [0, 0.1) is 17.0 Å². The zero-order valence-electron chi connectivity index (χ0n) is 29.6. The van der Waals surface area contributed by atoms with E-state index in [-0.39, 0.29) is 49.9 Å². The fourth-order valence-electron chi connectivity index (χ4n) is 6.47. The molecule has 5 aromatic rings. The van der Waals surface area contributed by atoms with Gasteiger partial charge >= 0.3 is 16.5 Å². The van der Waals surface area contributed by atoms with Gasteiger partial charge in [0.15, 0.2) is 0 Å². The molecule has 1 saturated heterocycles. The number of carboxylic acids is 1. The number of hydrogen-bond acceptors (Lipinski definition) is 10. The van der Waals surface area contributed by atoms with Gasteiger partial charge in [-0.25, -0.2) is 13.1 Å². The van der Waals surface area contributed by atoms with Crippen molar-refractivity contribution in [3.63, 3.8) is 0 Å². The molecule has 6 rings (SSSR count). The Balaban J connectivity index is 0.00000580. The molecule has 0 radical (unpaired) electrons. The Morgan fingerprint density at radius 2 is 1.55 bits per heavy atom. The van der Waals surface area contributed by atoms with Crippen LogP contribution in [0.5, 0.6) is 0 Å². The van der Waals surface area contributed by atoms with Crippen molar-refractivity contribution in [2.45, 2.75) is 49.3 Å². The normalized spacial score (nSPS) is 16.2. The van der Waals surface area contributed by atoms with E-state index >= 15 is 0 Å². The van der Waals surface area contributed by atoms with Gasteiger partial charge in [0.1, 0.15) is 6.04 Å². The molecule has 0 aliphatic carbocycles. The van der Waals surface area contributed by atoms with Crippen LogP contribution in [0.4, 0.5) is 11.4 Å². The number of nitro groups is 1. The first-order valence-corrected chi connectivity index (χ1v) is 18.8. The smallest absolute Gasteiger partial charge is 0.861 e. The molecule has 12 nitrogen and oxygen atoms in total. The summed E-state index contributed by atoms with van der Waals surface area (Å²) in [7, 11) is -4.41. The summed E-state index contributed by atoms with van der Waals surface area (Å²) >= 11 is 0. The van der Waals surface area contributed by atoms with Crippen LogP contribution in [0.2, 0.25) is 0 Å². The van der Waals surface area contributed by atoms with Crippen molar-refractivity contribution in [1.29, 1.82) is 0 Å². The van der Waals surface area contributed by atoms with Crippen LogP contribution in [0.15, 0.2) is 148 Å². The SMILES string of the molecule is Cc1ccc(S(=O)(=O)N[C@@H](c2cccc([N+](=O)[O-])c2)[C@@H](N=C(c2ccccc2)c2ccccc2N=C([O-])[C@H]2CCCN2Cc2ccccc2)C(=O)[O-])cc1.[Ni+2]. The van der Waals surface area contributed by atoms with Crippen LogP contribution in [-0.2, 0) is 37.9 Å². The van der Waals surface area contributed by atoms with Crippen molar-refractivity contribution in [2.24, 2.45) is 9.98 Å². The number of para-hydroxylation sites is 1. The number of non-ortho nitro benzene ring substituents is 1. The van der Waals surface area contributed by atoms with E-state index in [1.165, 1.54) is 30.3 Å². The Morgan fingerprint density at radius 3 is 2.22 bits per heavy atom. The van der Waals surface area contributed by atoms with Gasteiger partial charge in [-0.05, 0) is 61.5 Å². The first-order valence-electron chi connectivity index (χ1n) is 17.3. The van der Waals surface area contributed by atoms with E-state index in [0.717, 1.165) is 30.2 Å². The number of carbonyl (C=O) groups is 1. The van der Waals surface area contributed by atoms with E-state index in [0.29, 0.717) is 24.1 Å². The number of nitrogens with one attached hydrogen (secondary N) is 1. The van der Waals surface area contributed by atoms with Gasteiger partial charge in [0.25, 0.3) is 5.69 Å². The van der Waals surface area contributed by atoms with E-state index in [1.807, 2.05) is 30.3 Å². The van der Waals surface area contributed by atoms with Gasteiger partial charge in [-0.1, -0.05) is 109 Å². The van der Waals surface area contributed by atoms with E-state index in [1.54, 1.807) is 73.7 Å². The summed E-state index contributed by atoms with van der Waals surface area (Å²) < 4.78 is 30.0. The summed E-state index contributed by atoms with van der Waals surface area (Å²) in [4.78, 5) is 35.4. The average Bonchev–Trinajstić information content (AvgIpc) is 3.64. The summed E-state index contributed by atoms with van der Waals surface area (Å²) in [6.45, 7) is 3.09. The number of sulfonamides is 1. The van der Waals surface area contributed by atoms with E-state index in [2.05, 4.69) is 19.6 Å². The van der Waals surface area contributed by atoms with Gasteiger partial charge in [0, 0.05) is 35.8 Å². The maximum absolute atomic E-state index is 13.9. The molecular weight excluding hydrogens is 765 g/mol. The number of nitro benzene ring substituents is 1. The number of carbonyl (C=O) groups excluding carboxylic acids is 1. The summed E-state index contributed by atoms with van der Waals surface area (Å²) in [5, 5.41) is 38.8. The van der Waals surface area contributed by atoms with Crippen molar-refractivity contribution in [2.75, 3.05) is 6.54 Å². The zero-order valence-corrected chi connectivity index (χ0v) is 31.4. The van der Waals surface area contributed by atoms with E-state index in [9.17, 15) is 33.5 Å². The number of nitrogens with zero attached hydrogens (tertiary/aromatic N) is 4. The summed E-state index contributed by atoms with van der Waals surface area (Å²) in [5.74, 6) is -2.11. The molecule has 14 heteroatoms. The second kappa shape index (κ2) is 18.2. The molecule has 284 valence electrons. The molecule has 55 heavy (non-hydrogen) atoms. The average molecular weight is 803 g/mol. The minimum Gasteiger partial charge on any atom is -0.861 e. The summed E-state index contributed by atoms with van der Waals surface area (Å²) in [6.07, 6.45) is 1.44. The number of benzene rings is 5. The number of carboxylic acid groups (broad SMARTS) is 1. The fraction of sp³-hybridized carbons (Fsp3) is 0.195. The molecule has 1 aliphatic heterocycles. The monoisotopic (exact) mass is 801 g/mol. The number of aryl methyl sites for hydroxylation is 1. The van der Waals surface area contributed by atoms with Crippen LogP contribution in [0.1, 0.15) is 46.7 Å². The molecule has 5 aromatic carbocycles. The van der Waals surface area contributed by atoms with Crippen LogP contribution in [0.25, 0.3) is 0 Å². The fourth-order valence-corrected chi connectivity index (χ4v) is 7.70. The maximum atomic E-state index is 13.9. The minimum absolute atomic E-state index is 0. The Kier molecular flexibility index (Phi) is 13.5. The van der Waals surface area contributed by atoms with Gasteiger partial charge in [-0.3, -0.25) is 25.0 Å². The molecule has 1 aliphatic rings.